The fourth-order valence-corrected chi connectivity index (χ4v) is 4.35. The lowest BCUT2D eigenvalue weighted by molar-refractivity contribution is -0.0892. The molecule has 1 fully saturated rings. The number of nitrogens with zero attached hydrogens (tertiary/aromatic N) is 1. The van der Waals surface area contributed by atoms with E-state index in [0.29, 0.717) is 24.0 Å². The summed E-state index contributed by atoms with van der Waals surface area (Å²) in [7, 11) is 3.77. The van der Waals surface area contributed by atoms with Crippen molar-refractivity contribution in [1.29, 1.82) is 0 Å². The van der Waals surface area contributed by atoms with Gasteiger partial charge in [0.15, 0.2) is 5.78 Å². The summed E-state index contributed by atoms with van der Waals surface area (Å²) < 4.78 is 5.44. The van der Waals surface area contributed by atoms with E-state index in [1.165, 1.54) is 0 Å². The van der Waals surface area contributed by atoms with E-state index in [9.17, 15) is 14.7 Å². The Labute approximate surface area is 196 Å². The number of carbonyl (C=O) groups is 2. The summed E-state index contributed by atoms with van der Waals surface area (Å²) in [4.78, 5) is 27.7. The van der Waals surface area contributed by atoms with Crippen molar-refractivity contribution in [1.82, 2.24) is 10.2 Å². The normalized spacial score (nSPS) is 22.8. The van der Waals surface area contributed by atoms with Crippen molar-refractivity contribution < 1.29 is 19.4 Å². The second kappa shape index (κ2) is 9.02. The Hall–Kier alpha value is -3.12. The number of rotatable bonds is 6. The van der Waals surface area contributed by atoms with Crippen LogP contribution in [0.4, 0.5) is 4.79 Å². The molecule has 1 saturated carbocycles. The highest BCUT2D eigenvalue weighted by atomic mass is 16.6. The standard InChI is InChI=1S/C27H34N2O4/c1-25(2,3)33-24(31)28-27(17-26(4,32)18-27)21-14-12-20(13-15-21)23(30)22(16-29(5)6)19-10-8-7-9-11-19/h7-16,32H,17-18H2,1-6H3,(H,28,31)/b22-16-. The third-order valence-electron chi connectivity index (χ3n) is 5.52. The fraction of sp³-hybridized carbons (Fsp3) is 0.407. The zero-order valence-electron chi connectivity index (χ0n) is 20.3. The maximum atomic E-state index is 13.3. The Morgan fingerprint density at radius 3 is 2.06 bits per heavy atom. The predicted molar refractivity (Wildman–Crippen MR) is 130 cm³/mol. The largest absolute Gasteiger partial charge is 0.444 e. The van der Waals surface area contributed by atoms with Crippen molar-refractivity contribution in [3.63, 3.8) is 0 Å². The molecule has 0 saturated heterocycles. The van der Waals surface area contributed by atoms with Crippen LogP contribution in [-0.4, -0.2) is 47.2 Å². The van der Waals surface area contributed by atoms with E-state index in [2.05, 4.69) is 5.32 Å². The molecular formula is C27H34N2O4. The molecule has 176 valence electrons. The second-order valence-electron chi connectivity index (χ2n) is 10.3. The molecule has 33 heavy (non-hydrogen) atoms. The van der Waals surface area contributed by atoms with Gasteiger partial charge < -0.3 is 20.1 Å². The fourth-order valence-electron chi connectivity index (χ4n) is 4.35. The van der Waals surface area contributed by atoms with Crippen LogP contribution in [0.2, 0.25) is 0 Å². The topological polar surface area (TPSA) is 78.9 Å². The van der Waals surface area contributed by atoms with Gasteiger partial charge in [-0.2, -0.15) is 0 Å². The number of benzene rings is 2. The Balaban J connectivity index is 1.88. The van der Waals surface area contributed by atoms with E-state index < -0.39 is 22.8 Å². The van der Waals surface area contributed by atoms with E-state index in [1.807, 2.05) is 88.4 Å². The molecule has 0 spiro atoms. The molecule has 6 nitrogen and oxygen atoms in total. The Morgan fingerprint density at radius 1 is 1.00 bits per heavy atom. The summed E-state index contributed by atoms with van der Waals surface area (Å²) in [5.74, 6) is -0.0868. The molecule has 0 atom stereocenters. The zero-order chi connectivity index (χ0) is 24.4. The molecule has 2 aromatic carbocycles. The van der Waals surface area contributed by atoms with Crippen LogP contribution >= 0.6 is 0 Å². The van der Waals surface area contributed by atoms with Crippen molar-refractivity contribution in [2.75, 3.05) is 14.1 Å². The molecule has 6 heteroatoms. The third kappa shape index (κ3) is 6.02. The van der Waals surface area contributed by atoms with Crippen LogP contribution in [0.25, 0.3) is 5.57 Å². The molecule has 2 N–H and O–H groups in total. The summed E-state index contributed by atoms with van der Waals surface area (Å²) >= 11 is 0. The number of allylic oxidation sites excluding steroid dienone is 1. The van der Waals surface area contributed by atoms with Crippen LogP contribution in [0, 0.1) is 0 Å². The van der Waals surface area contributed by atoms with Gasteiger partial charge in [0.2, 0.25) is 0 Å². The first kappa shape index (κ1) is 24.5. The molecule has 0 heterocycles. The molecular weight excluding hydrogens is 416 g/mol. The van der Waals surface area contributed by atoms with Crippen LogP contribution in [0.15, 0.2) is 60.8 Å². The predicted octanol–water partition coefficient (Wildman–Crippen LogP) is 4.74. The summed E-state index contributed by atoms with van der Waals surface area (Å²) in [6, 6.07) is 16.8. The molecule has 3 rings (SSSR count). The molecule has 1 aliphatic carbocycles. The van der Waals surface area contributed by atoms with Crippen molar-refractivity contribution in [3.8, 4) is 0 Å². The van der Waals surface area contributed by atoms with E-state index in [4.69, 9.17) is 4.74 Å². The average Bonchev–Trinajstić information content (AvgIpc) is 2.69. The van der Waals surface area contributed by atoms with Gasteiger partial charge in [-0.25, -0.2) is 4.79 Å². The highest BCUT2D eigenvalue weighted by molar-refractivity contribution is 6.28. The average molecular weight is 451 g/mol. The molecule has 2 aromatic rings. The number of ether oxygens (including phenoxy) is 1. The summed E-state index contributed by atoms with van der Waals surface area (Å²) in [5, 5.41) is 13.4. The molecule has 1 amide bonds. The van der Waals surface area contributed by atoms with Gasteiger partial charge in [0.05, 0.1) is 11.1 Å². The lowest BCUT2D eigenvalue weighted by Crippen LogP contribution is -2.62. The van der Waals surface area contributed by atoms with Gasteiger partial charge >= 0.3 is 6.09 Å². The first-order valence-electron chi connectivity index (χ1n) is 11.1. The van der Waals surface area contributed by atoms with Gasteiger partial charge in [0.25, 0.3) is 0 Å². The molecule has 0 aliphatic heterocycles. The number of hydrogen-bond donors (Lipinski definition) is 2. The third-order valence-corrected chi connectivity index (χ3v) is 5.52. The maximum absolute atomic E-state index is 13.3. The monoisotopic (exact) mass is 450 g/mol. The smallest absolute Gasteiger partial charge is 0.408 e. The minimum Gasteiger partial charge on any atom is -0.444 e. The van der Waals surface area contributed by atoms with Crippen molar-refractivity contribution in [2.45, 2.75) is 57.3 Å². The molecule has 0 unspecified atom stereocenters. The number of aliphatic hydroxyl groups is 1. The SMILES string of the molecule is CN(C)/C=C(\C(=O)c1ccc(C2(NC(=O)OC(C)(C)C)CC(C)(O)C2)cc1)c1ccccc1. The van der Waals surface area contributed by atoms with Gasteiger partial charge in [0.1, 0.15) is 5.60 Å². The summed E-state index contributed by atoms with van der Waals surface area (Å²) in [6.45, 7) is 7.17. The van der Waals surface area contributed by atoms with E-state index in [0.717, 1.165) is 11.1 Å². The van der Waals surface area contributed by atoms with Gasteiger partial charge in [0, 0.05) is 44.3 Å². The van der Waals surface area contributed by atoms with Gasteiger partial charge in [-0.1, -0.05) is 54.6 Å². The molecule has 0 bridgehead atoms. The van der Waals surface area contributed by atoms with Crippen LogP contribution in [0.3, 0.4) is 0 Å². The van der Waals surface area contributed by atoms with E-state index >= 15 is 0 Å². The Kier molecular flexibility index (Phi) is 6.70. The lowest BCUT2D eigenvalue weighted by atomic mass is 9.62. The van der Waals surface area contributed by atoms with Crippen LogP contribution in [0.1, 0.15) is 62.0 Å². The summed E-state index contributed by atoms with van der Waals surface area (Å²) in [5.41, 5.74) is 0.581. The van der Waals surface area contributed by atoms with E-state index in [-0.39, 0.29) is 5.78 Å². The zero-order valence-corrected chi connectivity index (χ0v) is 20.3. The van der Waals surface area contributed by atoms with Gasteiger partial charge in [-0.15, -0.1) is 0 Å². The number of amides is 1. The number of ketones is 1. The Morgan fingerprint density at radius 2 is 1.58 bits per heavy atom. The van der Waals surface area contributed by atoms with Crippen LogP contribution in [-0.2, 0) is 10.3 Å². The second-order valence-corrected chi connectivity index (χ2v) is 10.3. The number of hydrogen-bond acceptors (Lipinski definition) is 5. The molecule has 0 radical (unpaired) electrons. The van der Waals surface area contributed by atoms with Crippen molar-refractivity contribution in [3.05, 3.63) is 77.5 Å². The van der Waals surface area contributed by atoms with Crippen molar-refractivity contribution in [2.24, 2.45) is 0 Å². The summed E-state index contributed by atoms with van der Waals surface area (Å²) in [6.07, 6.45) is 2.02. The number of nitrogens with one attached hydrogen (secondary N) is 1. The molecule has 1 aliphatic rings. The lowest BCUT2D eigenvalue weighted by Gasteiger charge is -2.52. The first-order valence-corrected chi connectivity index (χ1v) is 11.1. The van der Waals surface area contributed by atoms with Crippen LogP contribution < -0.4 is 5.32 Å². The first-order chi connectivity index (χ1) is 15.3. The van der Waals surface area contributed by atoms with E-state index in [1.54, 1.807) is 19.1 Å². The Bertz CT molecular complexity index is 1020. The van der Waals surface area contributed by atoms with Gasteiger partial charge in [-0.3, -0.25) is 4.79 Å². The quantitative estimate of drug-likeness (QED) is 0.491. The maximum Gasteiger partial charge on any atom is 0.408 e. The molecule has 0 aromatic heterocycles. The highest BCUT2D eigenvalue weighted by Crippen LogP contribution is 2.48. The number of carbonyl (C=O) groups excluding carboxylic acids is 2. The minimum atomic E-state index is -0.877. The minimum absolute atomic E-state index is 0.0868. The van der Waals surface area contributed by atoms with Crippen molar-refractivity contribution >= 4 is 17.4 Å². The van der Waals surface area contributed by atoms with Gasteiger partial charge in [-0.05, 0) is 38.8 Å². The highest BCUT2D eigenvalue weighted by Gasteiger charge is 2.53. The number of Topliss-reactive ketones (excluding diaryl/α,β-unsaturated/α-hetero) is 1. The van der Waals surface area contributed by atoms with Crippen LogP contribution in [0.5, 0.6) is 0 Å². The number of alkyl carbamates (subject to hydrolysis) is 1.